The third kappa shape index (κ3) is 5.24. The summed E-state index contributed by atoms with van der Waals surface area (Å²) in [5.41, 5.74) is 2.16. The predicted octanol–water partition coefficient (Wildman–Crippen LogP) is 5.42. The van der Waals surface area contributed by atoms with E-state index in [1.807, 2.05) is 0 Å². The molecule has 4 aromatic rings. The highest BCUT2D eigenvalue weighted by Crippen LogP contribution is 2.30. The third-order valence-electron chi connectivity index (χ3n) is 4.95. The third-order valence-corrected chi connectivity index (χ3v) is 4.95. The molecule has 0 aliphatic heterocycles. The molecule has 4 rings (SSSR count). The van der Waals surface area contributed by atoms with Crippen molar-refractivity contribution in [1.82, 2.24) is 19.2 Å². The molecule has 0 radical (unpaired) electrons. The molecule has 1 N–H and O–H groups in total. The Kier molecular flexibility index (Phi) is 6.47. The van der Waals surface area contributed by atoms with Crippen molar-refractivity contribution in [2.24, 2.45) is 0 Å². The maximum absolute atomic E-state index is 13.8. The Morgan fingerprint density at radius 1 is 1.06 bits per heavy atom. The number of alkyl halides is 4. The molecular formula is C22H20F5N5O. The molecule has 3 aromatic heterocycles. The van der Waals surface area contributed by atoms with E-state index in [-0.39, 0.29) is 5.75 Å². The lowest BCUT2D eigenvalue weighted by molar-refractivity contribution is 0.0813. The van der Waals surface area contributed by atoms with Gasteiger partial charge in [-0.15, -0.1) is 0 Å². The molecule has 3 heterocycles. The maximum atomic E-state index is 13.8. The van der Waals surface area contributed by atoms with Crippen LogP contribution < -0.4 is 10.1 Å². The summed E-state index contributed by atoms with van der Waals surface area (Å²) in [7, 11) is 0. The summed E-state index contributed by atoms with van der Waals surface area (Å²) in [4.78, 5) is 4.55. The van der Waals surface area contributed by atoms with Crippen molar-refractivity contribution in [3.8, 4) is 16.9 Å². The van der Waals surface area contributed by atoms with Gasteiger partial charge in [0.15, 0.2) is 5.65 Å². The standard InChI is InChI=1S/C22H20F5N5O/c1-13(16-8-15(23)2-3-18(16)33-12-20(26)27)29-21-5-7-32-22(30-21)17(9-28-32)14-4-6-31(10-14)11-19(24)25/h2-10,13,19-20H,11-12H2,1H3,(H,29,30). The fourth-order valence-electron chi connectivity index (χ4n) is 3.47. The summed E-state index contributed by atoms with van der Waals surface area (Å²) in [5.74, 6) is 0.0360. The van der Waals surface area contributed by atoms with E-state index in [4.69, 9.17) is 4.74 Å². The van der Waals surface area contributed by atoms with Gasteiger partial charge in [0.1, 0.15) is 24.0 Å². The first-order valence-corrected chi connectivity index (χ1v) is 10.1. The lowest BCUT2D eigenvalue weighted by Gasteiger charge is -2.19. The van der Waals surface area contributed by atoms with E-state index < -0.39 is 37.9 Å². The van der Waals surface area contributed by atoms with Gasteiger partial charge in [0.05, 0.1) is 18.8 Å². The van der Waals surface area contributed by atoms with Gasteiger partial charge in [0.2, 0.25) is 0 Å². The van der Waals surface area contributed by atoms with E-state index in [9.17, 15) is 22.0 Å². The number of ether oxygens (including phenoxy) is 1. The first kappa shape index (κ1) is 22.6. The number of aromatic nitrogens is 4. The van der Waals surface area contributed by atoms with Gasteiger partial charge in [-0.3, -0.25) is 0 Å². The van der Waals surface area contributed by atoms with Crippen LogP contribution in [0.15, 0.2) is 55.1 Å². The minimum Gasteiger partial charge on any atom is -0.487 e. The quantitative estimate of drug-likeness (QED) is 0.336. The van der Waals surface area contributed by atoms with Gasteiger partial charge in [-0.25, -0.2) is 31.5 Å². The van der Waals surface area contributed by atoms with Crippen LogP contribution in [-0.2, 0) is 6.54 Å². The minimum absolute atomic E-state index is 0.142. The fourth-order valence-corrected chi connectivity index (χ4v) is 3.47. The van der Waals surface area contributed by atoms with Crippen LogP contribution in [0.3, 0.4) is 0 Å². The zero-order valence-electron chi connectivity index (χ0n) is 17.4. The molecule has 0 saturated heterocycles. The van der Waals surface area contributed by atoms with E-state index in [0.29, 0.717) is 28.2 Å². The van der Waals surface area contributed by atoms with Crippen LogP contribution in [0.5, 0.6) is 5.75 Å². The van der Waals surface area contributed by atoms with Crippen molar-refractivity contribution in [3.63, 3.8) is 0 Å². The predicted molar refractivity (Wildman–Crippen MR) is 112 cm³/mol. The van der Waals surface area contributed by atoms with Crippen molar-refractivity contribution >= 4 is 11.5 Å². The van der Waals surface area contributed by atoms with Crippen molar-refractivity contribution in [2.75, 3.05) is 11.9 Å². The van der Waals surface area contributed by atoms with E-state index in [1.165, 1.54) is 21.2 Å². The normalized spacial score (nSPS) is 12.6. The van der Waals surface area contributed by atoms with Crippen molar-refractivity contribution < 1.29 is 26.7 Å². The number of hydrogen-bond acceptors (Lipinski definition) is 4. The molecule has 0 amide bonds. The molecule has 6 nitrogen and oxygen atoms in total. The molecule has 174 valence electrons. The largest absolute Gasteiger partial charge is 0.487 e. The summed E-state index contributed by atoms with van der Waals surface area (Å²) < 4.78 is 72.3. The molecule has 0 bridgehead atoms. The summed E-state index contributed by atoms with van der Waals surface area (Å²) in [6.07, 6.45) is 1.26. The minimum atomic E-state index is -2.66. The van der Waals surface area contributed by atoms with E-state index in [0.717, 1.165) is 6.07 Å². The van der Waals surface area contributed by atoms with Gasteiger partial charge < -0.3 is 14.6 Å². The van der Waals surface area contributed by atoms with Crippen LogP contribution in [0.4, 0.5) is 27.8 Å². The molecule has 0 aliphatic carbocycles. The van der Waals surface area contributed by atoms with Gasteiger partial charge in [0, 0.05) is 35.3 Å². The second-order valence-electron chi connectivity index (χ2n) is 7.38. The first-order chi connectivity index (χ1) is 15.8. The molecule has 1 aromatic carbocycles. The summed E-state index contributed by atoms with van der Waals surface area (Å²) in [5, 5.41) is 7.35. The number of anilines is 1. The smallest absolute Gasteiger partial charge is 0.272 e. The van der Waals surface area contributed by atoms with E-state index in [1.54, 1.807) is 43.8 Å². The number of rotatable bonds is 9. The highest BCUT2D eigenvalue weighted by atomic mass is 19.3. The Balaban J connectivity index is 1.59. The van der Waals surface area contributed by atoms with Crippen molar-refractivity contribution in [3.05, 3.63) is 66.5 Å². The number of fused-ring (bicyclic) bond motifs is 1. The maximum Gasteiger partial charge on any atom is 0.272 e. The molecule has 0 saturated carbocycles. The van der Waals surface area contributed by atoms with Gasteiger partial charge in [-0.2, -0.15) is 5.10 Å². The molecule has 33 heavy (non-hydrogen) atoms. The number of halogens is 5. The molecule has 11 heteroatoms. The lowest BCUT2D eigenvalue weighted by Crippen LogP contribution is -2.13. The van der Waals surface area contributed by atoms with Crippen molar-refractivity contribution in [2.45, 2.75) is 32.4 Å². The Hall–Kier alpha value is -3.63. The van der Waals surface area contributed by atoms with Crippen LogP contribution in [0.2, 0.25) is 0 Å². The molecule has 1 atom stereocenters. The zero-order chi connectivity index (χ0) is 23.5. The average Bonchev–Trinajstić information content (AvgIpc) is 3.38. The second kappa shape index (κ2) is 9.47. The van der Waals surface area contributed by atoms with Gasteiger partial charge in [-0.05, 0) is 37.3 Å². The monoisotopic (exact) mass is 465 g/mol. The summed E-state index contributed by atoms with van der Waals surface area (Å²) in [6, 6.07) is 6.49. The highest BCUT2D eigenvalue weighted by molar-refractivity contribution is 5.77. The number of hydrogen-bond donors (Lipinski definition) is 1. The molecule has 0 spiro atoms. The summed E-state index contributed by atoms with van der Waals surface area (Å²) in [6.45, 7) is 0.498. The Labute approximate surface area is 185 Å². The van der Waals surface area contributed by atoms with Crippen LogP contribution in [0.25, 0.3) is 16.8 Å². The van der Waals surface area contributed by atoms with Gasteiger partial charge in [0.25, 0.3) is 12.9 Å². The number of benzene rings is 1. The SMILES string of the molecule is CC(Nc1ccn2ncc(-c3ccn(CC(F)F)c3)c2n1)c1cc(F)ccc1OCC(F)F. The Morgan fingerprint density at radius 3 is 2.64 bits per heavy atom. The molecule has 1 unspecified atom stereocenters. The lowest BCUT2D eigenvalue weighted by atomic mass is 10.1. The van der Waals surface area contributed by atoms with Crippen LogP contribution in [0, 0.1) is 5.82 Å². The highest BCUT2D eigenvalue weighted by Gasteiger charge is 2.17. The van der Waals surface area contributed by atoms with Crippen LogP contribution >= 0.6 is 0 Å². The average molecular weight is 465 g/mol. The topological polar surface area (TPSA) is 56.4 Å². The zero-order valence-corrected chi connectivity index (χ0v) is 17.4. The fraction of sp³-hybridized carbons (Fsp3) is 0.273. The molecule has 0 aliphatic rings. The molecule has 0 fully saturated rings. The molecular weight excluding hydrogens is 445 g/mol. The number of nitrogens with one attached hydrogen (secondary N) is 1. The second-order valence-corrected chi connectivity index (χ2v) is 7.38. The first-order valence-electron chi connectivity index (χ1n) is 10.1. The Morgan fingerprint density at radius 2 is 1.88 bits per heavy atom. The van der Waals surface area contributed by atoms with Gasteiger partial charge in [-0.1, -0.05) is 0 Å². The number of nitrogens with zero attached hydrogens (tertiary/aromatic N) is 4. The van der Waals surface area contributed by atoms with Crippen LogP contribution in [0.1, 0.15) is 18.5 Å². The van der Waals surface area contributed by atoms with Crippen molar-refractivity contribution in [1.29, 1.82) is 0 Å². The Bertz CT molecular complexity index is 1240. The van der Waals surface area contributed by atoms with Crippen LogP contribution in [-0.4, -0.2) is 38.6 Å². The van der Waals surface area contributed by atoms with E-state index in [2.05, 4.69) is 15.4 Å². The summed E-state index contributed by atoms with van der Waals surface area (Å²) >= 11 is 0. The van der Waals surface area contributed by atoms with E-state index >= 15 is 0 Å². The van der Waals surface area contributed by atoms with Gasteiger partial charge >= 0.3 is 0 Å².